The van der Waals surface area contributed by atoms with Crippen molar-refractivity contribution in [2.45, 2.75) is 51.2 Å². The molecule has 3 rings (SSSR count). The van der Waals surface area contributed by atoms with Gasteiger partial charge in [0.05, 0.1) is 12.1 Å². The molecule has 0 bridgehead atoms. The van der Waals surface area contributed by atoms with E-state index >= 15 is 0 Å². The SMILES string of the molecule is CC1Cc2ccccc2N(C2CCCCC2O)C1. The number of hydrogen-bond acceptors (Lipinski definition) is 2. The van der Waals surface area contributed by atoms with E-state index in [-0.39, 0.29) is 6.10 Å². The zero-order valence-corrected chi connectivity index (χ0v) is 11.2. The minimum atomic E-state index is -0.142. The lowest BCUT2D eigenvalue weighted by Gasteiger charge is -2.44. The van der Waals surface area contributed by atoms with Crippen LogP contribution >= 0.6 is 0 Å². The average molecular weight is 245 g/mol. The van der Waals surface area contributed by atoms with Crippen molar-refractivity contribution in [3.63, 3.8) is 0 Å². The second-order valence-electron chi connectivity index (χ2n) is 6.01. The van der Waals surface area contributed by atoms with E-state index in [1.807, 2.05) is 0 Å². The average Bonchev–Trinajstić information content (AvgIpc) is 2.38. The fourth-order valence-corrected chi connectivity index (χ4v) is 3.61. The zero-order chi connectivity index (χ0) is 12.5. The number of anilines is 1. The molecular weight excluding hydrogens is 222 g/mol. The Kier molecular flexibility index (Phi) is 3.29. The van der Waals surface area contributed by atoms with Crippen molar-refractivity contribution in [3.05, 3.63) is 29.8 Å². The van der Waals surface area contributed by atoms with E-state index in [1.54, 1.807) is 0 Å². The second kappa shape index (κ2) is 4.93. The molecule has 2 aliphatic rings. The van der Waals surface area contributed by atoms with Gasteiger partial charge in [0.15, 0.2) is 0 Å². The Hall–Kier alpha value is -1.02. The number of aliphatic hydroxyl groups excluding tert-OH is 1. The number of rotatable bonds is 1. The fraction of sp³-hybridized carbons (Fsp3) is 0.625. The first-order chi connectivity index (χ1) is 8.75. The highest BCUT2D eigenvalue weighted by Gasteiger charge is 2.32. The molecule has 1 fully saturated rings. The monoisotopic (exact) mass is 245 g/mol. The maximum absolute atomic E-state index is 10.3. The molecule has 2 nitrogen and oxygen atoms in total. The smallest absolute Gasteiger partial charge is 0.0743 e. The van der Waals surface area contributed by atoms with E-state index in [2.05, 4.69) is 36.1 Å². The lowest BCUT2D eigenvalue weighted by molar-refractivity contribution is 0.102. The van der Waals surface area contributed by atoms with Gasteiger partial charge in [-0.15, -0.1) is 0 Å². The third-order valence-corrected chi connectivity index (χ3v) is 4.47. The van der Waals surface area contributed by atoms with Gasteiger partial charge in [0.2, 0.25) is 0 Å². The summed E-state index contributed by atoms with van der Waals surface area (Å²) in [4.78, 5) is 2.48. The maximum atomic E-state index is 10.3. The van der Waals surface area contributed by atoms with E-state index < -0.39 is 0 Å². The van der Waals surface area contributed by atoms with E-state index in [9.17, 15) is 5.11 Å². The minimum Gasteiger partial charge on any atom is -0.391 e. The molecule has 18 heavy (non-hydrogen) atoms. The highest BCUT2D eigenvalue weighted by Crippen LogP contribution is 2.35. The molecule has 1 N–H and O–H groups in total. The lowest BCUT2D eigenvalue weighted by Crippen LogP contribution is -2.49. The zero-order valence-electron chi connectivity index (χ0n) is 11.2. The van der Waals surface area contributed by atoms with Crippen LogP contribution in [0.25, 0.3) is 0 Å². The van der Waals surface area contributed by atoms with Gasteiger partial charge in [-0.2, -0.15) is 0 Å². The van der Waals surface area contributed by atoms with Crippen LogP contribution in [0, 0.1) is 5.92 Å². The summed E-state index contributed by atoms with van der Waals surface area (Å²) in [7, 11) is 0. The largest absolute Gasteiger partial charge is 0.391 e. The van der Waals surface area contributed by atoms with Gasteiger partial charge >= 0.3 is 0 Å². The topological polar surface area (TPSA) is 23.5 Å². The van der Waals surface area contributed by atoms with Crippen LogP contribution in [-0.4, -0.2) is 23.8 Å². The van der Waals surface area contributed by atoms with Crippen molar-refractivity contribution >= 4 is 5.69 Å². The van der Waals surface area contributed by atoms with Crippen LogP contribution < -0.4 is 4.90 Å². The number of aliphatic hydroxyl groups is 1. The second-order valence-corrected chi connectivity index (χ2v) is 6.01. The van der Waals surface area contributed by atoms with Crippen molar-refractivity contribution in [1.82, 2.24) is 0 Å². The normalized spacial score (nSPS) is 32.1. The lowest BCUT2D eigenvalue weighted by atomic mass is 9.86. The molecule has 2 heteroatoms. The summed E-state index contributed by atoms with van der Waals surface area (Å²) in [6, 6.07) is 9.06. The van der Waals surface area contributed by atoms with E-state index in [1.165, 1.54) is 30.5 Å². The Labute approximate surface area is 110 Å². The van der Waals surface area contributed by atoms with Crippen molar-refractivity contribution in [1.29, 1.82) is 0 Å². The van der Waals surface area contributed by atoms with E-state index in [4.69, 9.17) is 0 Å². The Morgan fingerprint density at radius 1 is 1.17 bits per heavy atom. The summed E-state index contributed by atoms with van der Waals surface area (Å²) in [6.45, 7) is 3.41. The van der Waals surface area contributed by atoms with Crippen LogP contribution in [0.1, 0.15) is 38.2 Å². The molecule has 0 amide bonds. The molecule has 1 aliphatic heterocycles. The summed E-state index contributed by atoms with van der Waals surface area (Å²) in [5, 5.41) is 10.3. The number of fused-ring (bicyclic) bond motifs is 1. The Bertz CT molecular complexity index is 417. The van der Waals surface area contributed by atoms with E-state index in [0.29, 0.717) is 12.0 Å². The van der Waals surface area contributed by atoms with Crippen molar-refractivity contribution in [2.24, 2.45) is 5.92 Å². The van der Waals surface area contributed by atoms with Gasteiger partial charge in [0.25, 0.3) is 0 Å². The first-order valence-electron chi connectivity index (χ1n) is 7.28. The van der Waals surface area contributed by atoms with Gasteiger partial charge in [0, 0.05) is 12.2 Å². The first-order valence-corrected chi connectivity index (χ1v) is 7.28. The van der Waals surface area contributed by atoms with Gasteiger partial charge in [-0.3, -0.25) is 0 Å². The van der Waals surface area contributed by atoms with Gasteiger partial charge in [0.1, 0.15) is 0 Å². The van der Waals surface area contributed by atoms with Crippen LogP contribution in [0.5, 0.6) is 0 Å². The molecule has 0 aromatic heterocycles. The van der Waals surface area contributed by atoms with Gasteiger partial charge in [-0.05, 0) is 36.8 Å². The summed E-state index contributed by atoms with van der Waals surface area (Å²) in [5.74, 6) is 0.689. The minimum absolute atomic E-state index is 0.142. The van der Waals surface area contributed by atoms with Crippen molar-refractivity contribution in [3.8, 4) is 0 Å². The molecule has 0 radical (unpaired) electrons. The van der Waals surface area contributed by atoms with Crippen LogP contribution in [0.4, 0.5) is 5.69 Å². The van der Waals surface area contributed by atoms with Crippen LogP contribution in [0.3, 0.4) is 0 Å². The molecule has 1 heterocycles. The Morgan fingerprint density at radius 3 is 2.78 bits per heavy atom. The molecule has 1 aromatic carbocycles. The predicted molar refractivity (Wildman–Crippen MR) is 74.9 cm³/mol. The third kappa shape index (κ3) is 2.14. The molecule has 1 saturated carbocycles. The molecule has 0 spiro atoms. The van der Waals surface area contributed by atoms with Gasteiger partial charge < -0.3 is 10.0 Å². The van der Waals surface area contributed by atoms with Crippen molar-refractivity contribution < 1.29 is 5.11 Å². The van der Waals surface area contributed by atoms with Crippen LogP contribution in [0.15, 0.2) is 24.3 Å². The first kappa shape index (κ1) is 12.0. The molecule has 98 valence electrons. The summed E-state index contributed by atoms with van der Waals surface area (Å²) in [5.41, 5.74) is 2.82. The standard InChI is InChI=1S/C16H23NO/c1-12-10-13-6-2-3-7-14(13)17(11-12)15-8-4-5-9-16(15)18/h2-3,6-7,12,15-16,18H,4-5,8-11H2,1H3. The highest BCUT2D eigenvalue weighted by atomic mass is 16.3. The molecule has 0 saturated heterocycles. The van der Waals surface area contributed by atoms with Crippen LogP contribution in [0.2, 0.25) is 0 Å². The molecular formula is C16H23NO. The highest BCUT2D eigenvalue weighted by molar-refractivity contribution is 5.56. The predicted octanol–water partition coefficient (Wildman–Crippen LogP) is 2.99. The van der Waals surface area contributed by atoms with Crippen LogP contribution in [-0.2, 0) is 6.42 Å². The molecule has 3 unspecified atom stereocenters. The van der Waals surface area contributed by atoms with E-state index in [0.717, 1.165) is 19.4 Å². The fourth-order valence-electron chi connectivity index (χ4n) is 3.61. The summed E-state index contributed by atoms with van der Waals surface area (Å²) < 4.78 is 0. The Morgan fingerprint density at radius 2 is 1.94 bits per heavy atom. The van der Waals surface area contributed by atoms with Crippen molar-refractivity contribution in [2.75, 3.05) is 11.4 Å². The van der Waals surface area contributed by atoms with Gasteiger partial charge in [-0.1, -0.05) is 38.0 Å². The molecule has 3 atom stereocenters. The van der Waals surface area contributed by atoms with Gasteiger partial charge in [-0.25, -0.2) is 0 Å². The molecule has 1 aromatic rings. The number of benzene rings is 1. The summed E-state index contributed by atoms with van der Waals surface area (Å²) in [6.07, 6.45) is 5.59. The number of hydrogen-bond donors (Lipinski definition) is 1. The Balaban J connectivity index is 1.91. The number of nitrogens with zero attached hydrogens (tertiary/aromatic N) is 1. The summed E-state index contributed by atoms with van der Waals surface area (Å²) >= 11 is 0. The maximum Gasteiger partial charge on any atom is 0.0743 e. The third-order valence-electron chi connectivity index (χ3n) is 4.47. The molecule has 1 aliphatic carbocycles. The quantitative estimate of drug-likeness (QED) is 0.822. The number of para-hydroxylation sites is 1.